The molecular formula is C16H27N5. The fourth-order valence-corrected chi connectivity index (χ4v) is 2.80. The number of nitrogens with one attached hydrogen (secondary N) is 2. The Morgan fingerprint density at radius 3 is 2.57 bits per heavy atom. The molecular weight excluding hydrogens is 262 g/mol. The normalized spacial score (nSPS) is 16.7. The molecule has 0 spiro atoms. The van der Waals surface area contributed by atoms with Crippen LogP contribution in [-0.2, 0) is 0 Å². The Bertz CT molecular complexity index is 489. The first-order chi connectivity index (χ1) is 10.1. The van der Waals surface area contributed by atoms with Gasteiger partial charge in [0.1, 0.15) is 0 Å². The van der Waals surface area contributed by atoms with Gasteiger partial charge in [-0.25, -0.2) is 10.8 Å². The molecule has 116 valence electrons. The molecule has 2 rings (SSSR count). The van der Waals surface area contributed by atoms with Gasteiger partial charge in [0.25, 0.3) is 0 Å². The SMILES string of the molecule is Cc1ccc(NC(=NC2CCCCC2)NN)cc1N(C)C. The third-order valence-corrected chi connectivity index (χ3v) is 3.98. The van der Waals surface area contributed by atoms with Crippen LogP contribution < -0.4 is 21.5 Å². The molecule has 5 nitrogen and oxygen atoms in total. The van der Waals surface area contributed by atoms with Crippen molar-refractivity contribution in [2.45, 2.75) is 45.1 Å². The Kier molecular flexibility index (Phi) is 5.44. The Morgan fingerprint density at radius 1 is 1.24 bits per heavy atom. The number of aliphatic imine (C=N–C) groups is 1. The Labute approximate surface area is 127 Å². The van der Waals surface area contributed by atoms with E-state index >= 15 is 0 Å². The summed E-state index contributed by atoms with van der Waals surface area (Å²) in [4.78, 5) is 6.81. The van der Waals surface area contributed by atoms with Crippen molar-refractivity contribution in [1.29, 1.82) is 0 Å². The fourth-order valence-electron chi connectivity index (χ4n) is 2.80. The van der Waals surface area contributed by atoms with Gasteiger partial charge in [0, 0.05) is 25.5 Å². The molecule has 0 heterocycles. The number of hydrogen-bond donors (Lipinski definition) is 3. The van der Waals surface area contributed by atoms with E-state index in [0.29, 0.717) is 12.0 Å². The molecule has 0 bridgehead atoms. The third-order valence-electron chi connectivity index (χ3n) is 3.98. The van der Waals surface area contributed by atoms with Gasteiger partial charge in [0.2, 0.25) is 5.96 Å². The zero-order valence-electron chi connectivity index (χ0n) is 13.3. The van der Waals surface area contributed by atoms with Crippen LogP contribution >= 0.6 is 0 Å². The summed E-state index contributed by atoms with van der Waals surface area (Å²) in [6, 6.07) is 6.65. The summed E-state index contributed by atoms with van der Waals surface area (Å²) in [6.07, 6.45) is 6.17. The largest absolute Gasteiger partial charge is 0.377 e. The van der Waals surface area contributed by atoms with E-state index in [1.807, 2.05) is 14.1 Å². The zero-order chi connectivity index (χ0) is 15.2. The van der Waals surface area contributed by atoms with Gasteiger partial charge >= 0.3 is 0 Å². The monoisotopic (exact) mass is 289 g/mol. The Hall–Kier alpha value is -1.75. The van der Waals surface area contributed by atoms with E-state index in [4.69, 9.17) is 10.8 Å². The number of nitrogens with zero attached hydrogens (tertiary/aromatic N) is 2. The van der Waals surface area contributed by atoms with Gasteiger partial charge in [0.15, 0.2) is 0 Å². The van der Waals surface area contributed by atoms with Gasteiger partial charge in [0.05, 0.1) is 6.04 Å². The molecule has 1 aliphatic rings. The predicted octanol–water partition coefficient (Wildman–Crippen LogP) is 2.62. The maximum atomic E-state index is 5.61. The highest BCUT2D eigenvalue weighted by Crippen LogP contribution is 2.23. The summed E-state index contributed by atoms with van der Waals surface area (Å²) in [5.74, 6) is 6.26. The van der Waals surface area contributed by atoms with Gasteiger partial charge in [-0.2, -0.15) is 0 Å². The molecule has 0 amide bonds. The van der Waals surface area contributed by atoms with E-state index in [1.54, 1.807) is 0 Å². The summed E-state index contributed by atoms with van der Waals surface area (Å²) in [6.45, 7) is 2.11. The minimum absolute atomic E-state index is 0.385. The van der Waals surface area contributed by atoms with Gasteiger partial charge < -0.3 is 10.2 Å². The number of aryl methyl sites for hydroxylation is 1. The average Bonchev–Trinajstić information content (AvgIpc) is 2.49. The van der Waals surface area contributed by atoms with Crippen LogP contribution in [0.2, 0.25) is 0 Å². The molecule has 1 aliphatic carbocycles. The van der Waals surface area contributed by atoms with Crippen LogP contribution in [0.25, 0.3) is 0 Å². The smallest absolute Gasteiger partial charge is 0.210 e. The lowest BCUT2D eigenvalue weighted by molar-refractivity contribution is 0.442. The van der Waals surface area contributed by atoms with Gasteiger partial charge in [-0.3, -0.25) is 5.43 Å². The molecule has 1 saturated carbocycles. The summed E-state index contributed by atoms with van der Waals surface area (Å²) in [5, 5.41) is 3.29. The number of hydrazine groups is 1. The second kappa shape index (κ2) is 7.31. The maximum Gasteiger partial charge on any atom is 0.210 e. The van der Waals surface area contributed by atoms with E-state index in [0.717, 1.165) is 18.5 Å². The molecule has 1 aromatic rings. The molecule has 0 aromatic heterocycles. The second-order valence-corrected chi connectivity index (χ2v) is 5.93. The quantitative estimate of drug-likeness (QED) is 0.346. The lowest BCUT2D eigenvalue weighted by Gasteiger charge is -2.20. The average molecular weight is 289 g/mol. The van der Waals surface area contributed by atoms with E-state index < -0.39 is 0 Å². The van der Waals surface area contributed by atoms with E-state index in [-0.39, 0.29) is 0 Å². The highest BCUT2D eigenvalue weighted by Gasteiger charge is 2.13. The van der Waals surface area contributed by atoms with Crippen LogP contribution in [0.1, 0.15) is 37.7 Å². The first kappa shape index (κ1) is 15.6. The Morgan fingerprint density at radius 2 is 1.95 bits per heavy atom. The van der Waals surface area contributed by atoms with Gasteiger partial charge in [-0.15, -0.1) is 0 Å². The maximum absolute atomic E-state index is 5.61. The van der Waals surface area contributed by atoms with Crippen molar-refractivity contribution in [1.82, 2.24) is 5.43 Å². The molecule has 0 saturated heterocycles. The first-order valence-electron chi connectivity index (χ1n) is 7.69. The number of benzene rings is 1. The molecule has 0 aliphatic heterocycles. The van der Waals surface area contributed by atoms with Crippen molar-refractivity contribution < 1.29 is 0 Å². The minimum atomic E-state index is 0.385. The predicted molar refractivity (Wildman–Crippen MR) is 90.8 cm³/mol. The standard InChI is InChI=1S/C16H27N5/c1-12-9-10-14(11-15(12)21(2)3)19-16(20-17)18-13-7-5-4-6-8-13/h9-11,13H,4-8,17H2,1-3H3,(H2,18,19,20). The number of guanidine groups is 1. The topological polar surface area (TPSA) is 65.7 Å². The summed E-state index contributed by atoms with van der Waals surface area (Å²) < 4.78 is 0. The van der Waals surface area contributed by atoms with Crippen LogP contribution in [0.5, 0.6) is 0 Å². The van der Waals surface area contributed by atoms with Crippen LogP contribution in [0, 0.1) is 6.92 Å². The van der Waals surface area contributed by atoms with Crippen LogP contribution in [0.4, 0.5) is 11.4 Å². The van der Waals surface area contributed by atoms with Crippen LogP contribution in [0.15, 0.2) is 23.2 Å². The van der Waals surface area contributed by atoms with Gasteiger partial charge in [-0.05, 0) is 37.5 Å². The molecule has 1 aromatic carbocycles. The molecule has 0 unspecified atom stereocenters. The summed E-state index contributed by atoms with van der Waals surface area (Å²) in [7, 11) is 4.09. The highest BCUT2D eigenvalue weighted by molar-refractivity contribution is 5.93. The van der Waals surface area contributed by atoms with E-state index in [2.05, 4.69) is 40.8 Å². The number of hydrogen-bond acceptors (Lipinski definition) is 3. The van der Waals surface area contributed by atoms with Crippen LogP contribution in [0.3, 0.4) is 0 Å². The minimum Gasteiger partial charge on any atom is -0.377 e. The van der Waals surface area contributed by atoms with Crippen molar-refractivity contribution in [3.63, 3.8) is 0 Å². The lowest BCUT2D eigenvalue weighted by Crippen LogP contribution is -2.37. The number of anilines is 2. The lowest BCUT2D eigenvalue weighted by atomic mass is 9.96. The highest BCUT2D eigenvalue weighted by atomic mass is 15.3. The first-order valence-corrected chi connectivity index (χ1v) is 7.69. The Balaban J connectivity index is 2.10. The van der Waals surface area contributed by atoms with Gasteiger partial charge in [-0.1, -0.05) is 25.3 Å². The third kappa shape index (κ3) is 4.36. The summed E-state index contributed by atoms with van der Waals surface area (Å²) in [5.41, 5.74) is 6.12. The summed E-state index contributed by atoms with van der Waals surface area (Å²) >= 11 is 0. The van der Waals surface area contributed by atoms with Crippen molar-refractivity contribution in [3.8, 4) is 0 Å². The molecule has 0 radical (unpaired) electrons. The van der Waals surface area contributed by atoms with Crippen molar-refractivity contribution in [3.05, 3.63) is 23.8 Å². The number of nitrogens with two attached hydrogens (primary N) is 1. The second-order valence-electron chi connectivity index (χ2n) is 5.93. The van der Waals surface area contributed by atoms with Crippen molar-refractivity contribution in [2.75, 3.05) is 24.3 Å². The van der Waals surface area contributed by atoms with Crippen LogP contribution in [-0.4, -0.2) is 26.1 Å². The molecule has 5 heteroatoms. The molecule has 0 atom stereocenters. The van der Waals surface area contributed by atoms with Crippen molar-refractivity contribution >= 4 is 17.3 Å². The molecule has 1 fully saturated rings. The fraction of sp³-hybridized carbons (Fsp3) is 0.562. The molecule has 21 heavy (non-hydrogen) atoms. The number of rotatable bonds is 3. The van der Waals surface area contributed by atoms with E-state index in [1.165, 1.54) is 30.5 Å². The van der Waals surface area contributed by atoms with E-state index in [9.17, 15) is 0 Å². The zero-order valence-corrected chi connectivity index (χ0v) is 13.3. The van der Waals surface area contributed by atoms with Crippen molar-refractivity contribution in [2.24, 2.45) is 10.8 Å². The molecule has 4 N–H and O–H groups in total.